The van der Waals surface area contributed by atoms with E-state index in [1.807, 2.05) is 32.9 Å². The lowest BCUT2D eigenvalue weighted by atomic mass is 10.00. The topological polar surface area (TPSA) is 39.2 Å². The van der Waals surface area contributed by atoms with E-state index in [1.165, 1.54) is 11.3 Å². The molecule has 0 fully saturated rings. The lowest BCUT2D eigenvalue weighted by molar-refractivity contribution is 0.103. The average Bonchev–Trinajstić information content (AvgIpc) is 2.74. The summed E-state index contributed by atoms with van der Waals surface area (Å²) in [5.74, 6) is 0.610. The summed E-state index contributed by atoms with van der Waals surface area (Å²) < 4.78 is 5.32. The lowest BCUT2D eigenvalue weighted by Gasteiger charge is -2.11. The summed E-state index contributed by atoms with van der Waals surface area (Å²) in [6.45, 7) is 5.80. The second kappa shape index (κ2) is 4.90. The standard InChI is InChI=1S/C14H15NO2S/c1-8-5-9(2)13(11(6-8)17-4)14(16)12-7-15-10(3)18-12/h5-7H,1-4H3. The third kappa shape index (κ3) is 2.29. The van der Waals surface area contributed by atoms with E-state index >= 15 is 0 Å². The molecule has 0 aliphatic heterocycles. The Morgan fingerprint density at radius 1 is 1.28 bits per heavy atom. The summed E-state index contributed by atoms with van der Waals surface area (Å²) in [7, 11) is 1.59. The minimum atomic E-state index is -0.0186. The summed E-state index contributed by atoms with van der Waals surface area (Å²) in [5.41, 5.74) is 2.65. The minimum absolute atomic E-state index is 0.0186. The Bertz CT molecular complexity index is 602. The van der Waals surface area contributed by atoms with Gasteiger partial charge in [-0.15, -0.1) is 11.3 Å². The Morgan fingerprint density at radius 3 is 2.56 bits per heavy atom. The highest BCUT2D eigenvalue weighted by Crippen LogP contribution is 2.28. The van der Waals surface area contributed by atoms with Crippen LogP contribution in [0.5, 0.6) is 5.75 Å². The Balaban J connectivity index is 2.54. The van der Waals surface area contributed by atoms with Crippen molar-refractivity contribution in [3.63, 3.8) is 0 Å². The summed E-state index contributed by atoms with van der Waals surface area (Å²) in [4.78, 5) is 17.2. The second-order valence-electron chi connectivity index (χ2n) is 4.23. The number of aryl methyl sites for hydroxylation is 3. The number of aromatic nitrogens is 1. The van der Waals surface area contributed by atoms with E-state index < -0.39 is 0 Å². The van der Waals surface area contributed by atoms with E-state index in [1.54, 1.807) is 13.3 Å². The summed E-state index contributed by atoms with van der Waals surface area (Å²) in [6, 6.07) is 3.87. The SMILES string of the molecule is COc1cc(C)cc(C)c1C(=O)c1cnc(C)s1. The number of carbonyl (C=O) groups is 1. The van der Waals surface area contributed by atoms with Crippen molar-refractivity contribution in [1.29, 1.82) is 0 Å². The Morgan fingerprint density at radius 2 is 2.00 bits per heavy atom. The molecule has 18 heavy (non-hydrogen) atoms. The van der Waals surface area contributed by atoms with Crippen molar-refractivity contribution in [2.75, 3.05) is 7.11 Å². The van der Waals surface area contributed by atoms with Crippen molar-refractivity contribution in [3.05, 3.63) is 44.9 Å². The second-order valence-corrected chi connectivity index (χ2v) is 5.47. The summed E-state index contributed by atoms with van der Waals surface area (Å²) in [6.07, 6.45) is 1.63. The van der Waals surface area contributed by atoms with Gasteiger partial charge in [0.1, 0.15) is 5.75 Å². The fraction of sp³-hybridized carbons (Fsp3) is 0.286. The number of thiazole rings is 1. The molecular formula is C14H15NO2S. The molecule has 0 N–H and O–H groups in total. The van der Waals surface area contributed by atoms with Crippen LogP contribution in [0, 0.1) is 20.8 Å². The Labute approximate surface area is 110 Å². The Kier molecular flexibility index (Phi) is 3.48. The molecule has 1 aromatic heterocycles. The maximum Gasteiger partial charge on any atom is 0.208 e. The van der Waals surface area contributed by atoms with Crippen molar-refractivity contribution >= 4 is 17.1 Å². The zero-order valence-corrected chi connectivity index (χ0v) is 11.7. The van der Waals surface area contributed by atoms with Crippen molar-refractivity contribution in [1.82, 2.24) is 4.98 Å². The van der Waals surface area contributed by atoms with Crippen molar-refractivity contribution in [3.8, 4) is 5.75 Å². The third-order valence-corrected chi connectivity index (χ3v) is 3.65. The molecule has 2 rings (SSSR count). The number of rotatable bonds is 3. The van der Waals surface area contributed by atoms with E-state index in [4.69, 9.17) is 4.74 Å². The van der Waals surface area contributed by atoms with E-state index in [-0.39, 0.29) is 5.78 Å². The van der Waals surface area contributed by atoms with Crippen LogP contribution in [0.25, 0.3) is 0 Å². The van der Waals surface area contributed by atoms with Gasteiger partial charge in [0.05, 0.1) is 22.6 Å². The molecule has 0 radical (unpaired) electrons. The van der Waals surface area contributed by atoms with Gasteiger partial charge in [0.15, 0.2) is 0 Å². The maximum absolute atomic E-state index is 12.5. The molecule has 0 bridgehead atoms. The molecule has 0 atom stereocenters. The van der Waals surface area contributed by atoms with Crippen LogP contribution in [0.2, 0.25) is 0 Å². The van der Waals surface area contributed by atoms with Crippen LogP contribution in [-0.2, 0) is 0 Å². The third-order valence-electron chi connectivity index (χ3n) is 2.74. The van der Waals surface area contributed by atoms with Crippen LogP contribution in [0.4, 0.5) is 0 Å². The molecule has 0 aliphatic rings. The number of benzene rings is 1. The van der Waals surface area contributed by atoms with Crippen LogP contribution in [-0.4, -0.2) is 17.9 Å². The number of hydrogen-bond acceptors (Lipinski definition) is 4. The molecule has 2 aromatic rings. The molecule has 0 aliphatic carbocycles. The first kappa shape index (κ1) is 12.8. The highest BCUT2D eigenvalue weighted by molar-refractivity contribution is 7.13. The van der Waals surface area contributed by atoms with E-state index in [0.717, 1.165) is 16.1 Å². The molecule has 0 unspecified atom stereocenters. The largest absolute Gasteiger partial charge is 0.496 e. The quantitative estimate of drug-likeness (QED) is 0.796. The number of methoxy groups -OCH3 is 1. The molecule has 3 nitrogen and oxygen atoms in total. The van der Waals surface area contributed by atoms with E-state index in [0.29, 0.717) is 16.2 Å². The maximum atomic E-state index is 12.5. The molecule has 0 saturated carbocycles. The molecule has 0 saturated heterocycles. The number of ether oxygens (including phenoxy) is 1. The van der Waals surface area contributed by atoms with Crippen LogP contribution in [0.15, 0.2) is 18.3 Å². The normalized spacial score (nSPS) is 10.4. The van der Waals surface area contributed by atoms with Crippen LogP contribution in [0.3, 0.4) is 0 Å². The highest BCUT2D eigenvalue weighted by Gasteiger charge is 2.19. The first-order chi connectivity index (χ1) is 8.52. The smallest absolute Gasteiger partial charge is 0.208 e. The fourth-order valence-corrected chi connectivity index (χ4v) is 2.69. The monoisotopic (exact) mass is 261 g/mol. The zero-order valence-electron chi connectivity index (χ0n) is 10.9. The lowest BCUT2D eigenvalue weighted by Crippen LogP contribution is -2.05. The fourth-order valence-electron chi connectivity index (χ4n) is 1.97. The molecule has 1 aromatic carbocycles. The van der Waals surface area contributed by atoms with Gasteiger partial charge in [-0.3, -0.25) is 4.79 Å². The Hall–Kier alpha value is -1.68. The summed E-state index contributed by atoms with van der Waals surface area (Å²) >= 11 is 1.41. The predicted octanol–water partition coefficient (Wildman–Crippen LogP) is 3.31. The minimum Gasteiger partial charge on any atom is -0.496 e. The van der Waals surface area contributed by atoms with Crippen LogP contribution in [0.1, 0.15) is 31.4 Å². The zero-order chi connectivity index (χ0) is 13.3. The molecule has 94 valence electrons. The van der Waals surface area contributed by atoms with Gasteiger partial charge in [-0.25, -0.2) is 4.98 Å². The van der Waals surface area contributed by atoms with Crippen molar-refractivity contribution in [2.24, 2.45) is 0 Å². The van der Waals surface area contributed by atoms with Crippen molar-refractivity contribution in [2.45, 2.75) is 20.8 Å². The summed E-state index contributed by atoms with van der Waals surface area (Å²) in [5, 5.41) is 0.891. The first-order valence-corrected chi connectivity index (χ1v) is 6.47. The van der Waals surface area contributed by atoms with Crippen LogP contribution < -0.4 is 4.74 Å². The van der Waals surface area contributed by atoms with Gasteiger partial charge in [-0.2, -0.15) is 0 Å². The molecular weight excluding hydrogens is 246 g/mol. The van der Waals surface area contributed by atoms with Gasteiger partial charge >= 0.3 is 0 Å². The van der Waals surface area contributed by atoms with Crippen molar-refractivity contribution < 1.29 is 9.53 Å². The van der Waals surface area contributed by atoms with Gasteiger partial charge in [-0.1, -0.05) is 6.07 Å². The molecule has 0 spiro atoms. The van der Waals surface area contributed by atoms with E-state index in [9.17, 15) is 4.79 Å². The van der Waals surface area contributed by atoms with Gasteiger partial charge in [0.2, 0.25) is 5.78 Å². The number of ketones is 1. The van der Waals surface area contributed by atoms with Gasteiger partial charge in [0, 0.05) is 6.20 Å². The first-order valence-electron chi connectivity index (χ1n) is 5.65. The molecule has 1 heterocycles. The molecule has 0 amide bonds. The van der Waals surface area contributed by atoms with Crippen LogP contribution >= 0.6 is 11.3 Å². The molecule has 4 heteroatoms. The number of carbonyl (C=O) groups excluding carboxylic acids is 1. The number of nitrogens with zero attached hydrogens (tertiary/aromatic N) is 1. The van der Waals surface area contributed by atoms with Gasteiger partial charge < -0.3 is 4.74 Å². The number of hydrogen-bond donors (Lipinski definition) is 0. The average molecular weight is 261 g/mol. The van der Waals surface area contributed by atoms with Gasteiger partial charge in [0.25, 0.3) is 0 Å². The highest BCUT2D eigenvalue weighted by atomic mass is 32.1. The van der Waals surface area contributed by atoms with E-state index in [2.05, 4.69) is 4.98 Å². The predicted molar refractivity (Wildman–Crippen MR) is 72.8 cm³/mol. The van der Waals surface area contributed by atoms with Gasteiger partial charge in [-0.05, 0) is 38.0 Å².